The van der Waals surface area contributed by atoms with Gasteiger partial charge in [-0.25, -0.2) is 0 Å². The zero-order valence-corrected chi connectivity index (χ0v) is 8.97. The molecule has 0 saturated heterocycles. The Kier molecular flexibility index (Phi) is 3.97. The summed E-state index contributed by atoms with van der Waals surface area (Å²) >= 11 is 0. The van der Waals surface area contributed by atoms with E-state index in [1.165, 1.54) is 7.11 Å². The van der Waals surface area contributed by atoms with E-state index in [1.807, 2.05) is 0 Å². The van der Waals surface area contributed by atoms with Crippen LogP contribution in [-0.4, -0.2) is 44.7 Å². The zero-order valence-electron chi connectivity index (χ0n) is 8.97. The molecular formula is C9H16F3NO2. The molecular weight excluding hydrogens is 211 g/mol. The third kappa shape index (κ3) is 2.83. The minimum atomic E-state index is -4.30. The molecule has 0 aromatic rings. The summed E-state index contributed by atoms with van der Waals surface area (Å²) in [5.41, 5.74) is 0. The van der Waals surface area contributed by atoms with Gasteiger partial charge < -0.3 is 14.8 Å². The number of hydrogen-bond acceptors (Lipinski definition) is 3. The molecule has 0 radical (unpaired) electrons. The lowest BCUT2D eigenvalue weighted by molar-refractivity contribution is -0.254. The number of alkyl halides is 3. The first-order chi connectivity index (χ1) is 6.90. The molecule has 1 aliphatic rings. The van der Waals surface area contributed by atoms with Gasteiger partial charge in [-0.05, 0) is 20.4 Å². The van der Waals surface area contributed by atoms with Gasteiger partial charge in [0, 0.05) is 13.2 Å². The molecule has 0 heterocycles. The number of rotatable bonds is 4. The van der Waals surface area contributed by atoms with Crippen LogP contribution in [0.5, 0.6) is 0 Å². The Morgan fingerprint density at radius 2 is 2.00 bits per heavy atom. The fourth-order valence-corrected chi connectivity index (χ4v) is 1.65. The molecule has 0 spiro atoms. The Morgan fingerprint density at radius 1 is 1.40 bits per heavy atom. The van der Waals surface area contributed by atoms with Gasteiger partial charge in [-0.2, -0.15) is 13.2 Å². The van der Waals surface area contributed by atoms with Crippen LogP contribution >= 0.6 is 0 Å². The lowest BCUT2D eigenvalue weighted by Gasteiger charge is -2.44. The van der Waals surface area contributed by atoms with Gasteiger partial charge >= 0.3 is 6.18 Å². The third-order valence-corrected chi connectivity index (χ3v) is 2.73. The summed E-state index contributed by atoms with van der Waals surface area (Å²) in [6.45, 7) is 1.01. The Hall–Kier alpha value is -0.330. The maximum atomic E-state index is 12.2. The van der Waals surface area contributed by atoms with Crippen LogP contribution in [0.4, 0.5) is 13.2 Å². The molecule has 1 aliphatic carbocycles. The second-order valence-corrected chi connectivity index (χ2v) is 3.69. The van der Waals surface area contributed by atoms with E-state index in [0.29, 0.717) is 6.42 Å². The standard InChI is InChI=1S/C9H16F3NO2/c1-5(9(10,11)12)15-7-4-6(13-2)8(7)14-3/h5-8,13H,4H2,1-3H3. The molecule has 3 nitrogen and oxygen atoms in total. The van der Waals surface area contributed by atoms with Crippen molar-refractivity contribution in [2.75, 3.05) is 14.2 Å². The number of hydrogen-bond donors (Lipinski definition) is 1. The fraction of sp³-hybridized carbons (Fsp3) is 1.00. The number of ether oxygens (including phenoxy) is 2. The van der Waals surface area contributed by atoms with Gasteiger partial charge in [-0.3, -0.25) is 0 Å². The summed E-state index contributed by atoms with van der Waals surface area (Å²) in [7, 11) is 3.23. The van der Waals surface area contributed by atoms with Crippen LogP contribution in [0.25, 0.3) is 0 Å². The highest BCUT2D eigenvalue weighted by Crippen LogP contribution is 2.31. The van der Waals surface area contributed by atoms with Gasteiger partial charge in [0.15, 0.2) is 6.10 Å². The van der Waals surface area contributed by atoms with Gasteiger partial charge in [0.25, 0.3) is 0 Å². The molecule has 1 N–H and O–H groups in total. The molecule has 0 aromatic heterocycles. The maximum absolute atomic E-state index is 12.2. The van der Waals surface area contributed by atoms with Crippen LogP contribution < -0.4 is 5.32 Å². The first kappa shape index (κ1) is 12.7. The Morgan fingerprint density at radius 3 is 2.40 bits per heavy atom. The van der Waals surface area contributed by atoms with Gasteiger partial charge in [-0.1, -0.05) is 0 Å². The van der Waals surface area contributed by atoms with Crippen molar-refractivity contribution in [3.63, 3.8) is 0 Å². The van der Waals surface area contributed by atoms with Crippen molar-refractivity contribution < 1.29 is 22.6 Å². The minimum absolute atomic E-state index is 0.0837. The van der Waals surface area contributed by atoms with Crippen LogP contribution in [-0.2, 0) is 9.47 Å². The van der Waals surface area contributed by atoms with Crippen molar-refractivity contribution in [1.29, 1.82) is 0 Å². The Balaban J connectivity index is 2.41. The second-order valence-electron chi connectivity index (χ2n) is 3.69. The van der Waals surface area contributed by atoms with E-state index in [4.69, 9.17) is 9.47 Å². The van der Waals surface area contributed by atoms with Crippen molar-refractivity contribution in [2.45, 2.75) is 43.9 Å². The van der Waals surface area contributed by atoms with Crippen LogP contribution in [0.3, 0.4) is 0 Å². The number of nitrogens with one attached hydrogen (secondary N) is 1. The van der Waals surface area contributed by atoms with E-state index < -0.39 is 18.4 Å². The van der Waals surface area contributed by atoms with Crippen LogP contribution in [0, 0.1) is 0 Å². The summed E-state index contributed by atoms with van der Waals surface area (Å²) in [6.07, 6.45) is -6.25. The minimum Gasteiger partial charge on any atom is -0.377 e. The summed E-state index contributed by atoms with van der Waals surface area (Å²) < 4.78 is 46.6. The average molecular weight is 227 g/mol. The van der Waals surface area contributed by atoms with Gasteiger partial charge in [0.2, 0.25) is 0 Å². The Bertz CT molecular complexity index is 210. The smallest absolute Gasteiger partial charge is 0.377 e. The third-order valence-electron chi connectivity index (χ3n) is 2.73. The first-order valence-electron chi connectivity index (χ1n) is 4.82. The van der Waals surface area contributed by atoms with Crippen molar-refractivity contribution >= 4 is 0 Å². The highest BCUT2D eigenvalue weighted by Gasteiger charge is 2.46. The number of methoxy groups -OCH3 is 1. The molecule has 90 valence electrons. The highest BCUT2D eigenvalue weighted by atomic mass is 19.4. The van der Waals surface area contributed by atoms with Gasteiger partial charge in [-0.15, -0.1) is 0 Å². The maximum Gasteiger partial charge on any atom is 0.414 e. The number of halogens is 3. The topological polar surface area (TPSA) is 30.5 Å². The van der Waals surface area contributed by atoms with Gasteiger partial charge in [0.05, 0.1) is 12.2 Å². The van der Waals surface area contributed by atoms with E-state index in [-0.39, 0.29) is 12.1 Å². The van der Waals surface area contributed by atoms with Crippen LogP contribution in [0.2, 0.25) is 0 Å². The van der Waals surface area contributed by atoms with Crippen molar-refractivity contribution in [1.82, 2.24) is 5.32 Å². The molecule has 1 saturated carbocycles. The van der Waals surface area contributed by atoms with Crippen molar-refractivity contribution in [3.05, 3.63) is 0 Å². The lowest BCUT2D eigenvalue weighted by atomic mass is 9.85. The monoisotopic (exact) mass is 227 g/mol. The molecule has 0 bridgehead atoms. The fourth-order valence-electron chi connectivity index (χ4n) is 1.65. The summed E-state index contributed by atoms with van der Waals surface area (Å²) in [6, 6.07) is 0.0837. The van der Waals surface area contributed by atoms with E-state index in [1.54, 1.807) is 7.05 Å². The summed E-state index contributed by atoms with van der Waals surface area (Å²) in [5.74, 6) is 0. The molecule has 0 amide bonds. The second kappa shape index (κ2) is 4.67. The van der Waals surface area contributed by atoms with E-state index in [9.17, 15) is 13.2 Å². The zero-order chi connectivity index (χ0) is 11.6. The average Bonchev–Trinajstić information content (AvgIpc) is 2.10. The predicted molar refractivity (Wildman–Crippen MR) is 48.7 cm³/mol. The lowest BCUT2D eigenvalue weighted by Crippen LogP contribution is -2.60. The van der Waals surface area contributed by atoms with E-state index in [0.717, 1.165) is 6.92 Å². The normalized spacial score (nSPS) is 33.6. The predicted octanol–water partition coefficient (Wildman–Crippen LogP) is 1.33. The largest absolute Gasteiger partial charge is 0.414 e. The summed E-state index contributed by atoms with van der Waals surface area (Å²) in [5, 5.41) is 2.96. The van der Waals surface area contributed by atoms with E-state index in [2.05, 4.69) is 5.32 Å². The van der Waals surface area contributed by atoms with Crippen molar-refractivity contribution in [3.8, 4) is 0 Å². The molecule has 1 fully saturated rings. The molecule has 1 rings (SSSR count). The molecule has 6 heteroatoms. The van der Waals surface area contributed by atoms with Gasteiger partial charge in [0.1, 0.15) is 0 Å². The quantitative estimate of drug-likeness (QED) is 0.786. The molecule has 4 unspecified atom stereocenters. The van der Waals surface area contributed by atoms with Crippen LogP contribution in [0.15, 0.2) is 0 Å². The van der Waals surface area contributed by atoms with Crippen molar-refractivity contribution in [2.24, 2.45) is 0 Å². The molecule has 0 aromatic carbocycles. The first-order valence-corrected chi connectivity index (χ1v) is 4.82. The summed E-state index contributed by atoms with van der Waals surface area (Å²) in [4.78, 5) is 0. The molecule has 4 atom stereocenters. The SMILES string of the molecule is CNC1CC(OC(C)C(F)(F)F)C1OC. The molecule has 0 aliphatic heterocycles. The molecule has 15 heavy (non-hydrogen) atoms. The van der Waals surface area contributed by atoms with E-state index >= 15 is 0 Å². The Labute approximate surface area is 86.9 Å². The highest BCUT2D eigenvalue weighted by molar-refractivity contribution is 4.97. The van der Waals surface area contributed by atoms with Crippen LogP contribution in [0.1, 0.15) is 13.3 Å². The number of likely N-dealkylation sites (N-methyl/N-ethyl adjacent to an activating group) is 1.